The predicted octanol–water partition coefficient (Wildman–Crippen LogP) is 3.51. The van der Waals surface area contributed by atoms with E-state index in [4.69, 9.17) is 0 Å². The zero-order valence-corrected chi connectivity index (χ0v) is 10.8. The zero-order valence-electron chi connectivity index (χ0n) is 10.8. The smallest absolute Gasteiger partial charge is 0.259 e. The van der Waals surface area contributed by atoms with Crippen LogP contribution in [0.5, 0.6) is 0 Å². The van der Waals surface area contributed by atoms with E-state index < -0.39 is 0 Å². The van der Waals surface area contributed by atoms with Crippen molar-refractivity contribution in [3.05, 3.63) is 32.4 Å². The van der Waals surface area contributed by atoms with Crippen molar-refractivity contribution in [1.82, 2.24) is 0 Å². The molecule has 1 aromatic carbocycles. The van der Waals surface area contributed by atoms with Crippen molar-refractivity contribution < 1.29 is 4.92 Å². The van der Waals surface area contributed by atoms with E-state index in [0.717, 1.165) is 27.9 Å². The highest BCUT2D eigenvalue weighted by molar-refractivity contribution is 5.90. The van der Waals surface area contributed by atoms with Crippen LogP contribution in [0.25, 0.3) is 0 Å². The molecule has 0 saturated heterocycles. The van der Waals surface area contributed by atoms with Crippen LogP contribution in [0.4, 0.5) is 11.4 Å². The van der Waals surface area contributed by atoms with Crippen molar-refractivity contribution in [2.24, 2.45) is 4.99 Å². The zero-order chi connectivity index (χ0) is 13.0. The van der Waals surface area contributed by atoms with Crippen molar-refractivity contribution in [2.75, 3.05) is 0 Å². The van der Waals surface area contributed by atoms with Crippen LogP contribution in [0, 0.1) is 30.9 Å². The summed E-state index contributed by atoms with van der Waals surface area (Å²) in [7, 11) is 0. The Balaban J connectivity index is 2.93. The van der Waals surface area contributed by atoms with Crippen LogP contribution in [0.1, 0.15) is 36.1 Å². The molecule has 0 unspecified atom stereocenters. The highest BCUT2D eigenvalue weighted by atomic mass is 16.6. The van der Waals surface area contributed by atoms with Crippen LogP contribution < -0.4 is 0 Å². The topological polar surface area (TPSA) is 55.5 Å². The first-order valence-corrected chi connectivity index (χ1v) is 5.61. The fourth-order valence-electron chi connectivity index (χ4n) is 2.41. The molecule has 0 fully saturated rings. The number of fused-ring (bicyclic) bond motifs is 1. The predicted molar refractivity (Wildman–Crippen MR) is 68.5 cm³/mol. The van der Waals surface area contributed by atoms with E-state index in [1.54, 1.807) is 6.21 Å². The fraction of sp³-hybridized carbons (Fsp3) is 0.462. The maximum absolute atomic E-state index is 11.3. The van der Waals surface area contributed by atoms with E-state index in [0.29, 0.717) is 0 Å². The third kappa shape index (κ3) is 1.47. The molecule has 0 aliphatic carbocycles. The molecule has 0 atom stereocenters. The second-order valence-corrected chi connectivity index (χ2v) is 5.18. The Labute approximate surface area is 101 Å². The third-order valence-electron chi connectivity index (χ3n) is 3.65. The molecular weight excluding hydrogens is 216 g/mol. The molecule has 90 valence electrons. The van der Waals surface area contributed by atoms with Crippen LogP contribution in [-0.2, 0) is 5.41 Å². The van der Waals surface area contributed by atoms with Gasteiger partial charge in [-0.1, -0.05) is 13.8 Å². The molecule has 0 N–H and O–H groups in total. The summed E-state index contributed by atoms with van der Waals surface area (Å²) in [6.45, 7) is 9.63. The molecule has 1 aliphatic heterocycles. The Kier molecular flexibility index (Phi) is 2.35. The van der Waals surface area contributed by atoms with Crippen molar-refractivity contribution in [3.63, 3.8) is 0 Å². The van der Waals surface area contributed by atoms with E-state index in [1.807, 2.05) is 34.6 Å². The summed E-state index contributed by atoms with van der Waals surface area (Å²) in [5, 5.41) is 11.3. The van der Waals surface area contributed by atoms with Crippen LogP contribution in [0.3, 0.4) is 0 Å². The number of benzene rings is 1. The molecule has 1 aliphatic rings. The van der Waals surface area contributed by atoms with Gasteiger partial charge in [-0.25, -0.2) is 0 Å². The van der Waals surface area contributed by atoms with Gasteiger partial charge in [0, 0.05) is 17.2 Å². The highest BCUT2D eigenvalue weighted by Crippen LogP contribution is 2.47. The van der Waals surface area contributed by atoms with Crippen molar-refractivity contribution in [3.8, 4) is 0 Å². The summed E-state index contributed by atoms with van der Waals surface area (Å²) in [6, 6.07) is 0. The minimum Gasteiger partial charge on any atom is -0.259 e. The Morgan fingerprint density at radius 3 is 2.29 bits per heavy atom. The quantitative estimate of drug-likeness (QED) is 0.549. The number of nitrogens with zero attached hydrogens (tertiary/aromatic N) is 2. The Bertz CT molecular complexity index is 557. The number of aliphatic imine (C=N–C) groups is 1. The largest absolute Gasteiger partial charge is 0.278 e. The average Bonchev–Trinajstić information content (AvgIpc) is 2.52. The molecule has 1 heterocycles. The number of nitro groups is 1. The summed E-state index contributed by atoms with van der Waals surface area (Å²) in [5.41, 5.74) is 4.17. The molecule has 17 heavy (non-hydrogen) atoms. The molecule has 0 aromatic heterocycles. The minimum absolute atomic E-state index is 0.227. The van der Waals surface area contributed by atoms with Gasteiger partial charge in [-0.05, 0) is 31.9 Å². The van der Waals surface area contributed by atoms with E-state index in [2.05, 4.69) is 4.99 Å². The maximum Gasteiger partial charge on any atom is 0.278 e. The van der Waals surface area contributed by atoms with Gasteiger partial charge in [-0.2, -0.15) is 0 Å². The number of rotatable bonds is 1. The highest BCUT2D eigenvalue weighted by Gasteiger charge is 2.37. The fourth-order valence-corrected chi connectivity index (χ4v) is 2.41. The molecule has 0 radical (unpaired) electrons. The summed E-state index contributed by atoms with van der Waals surface area (Å²) in [4.78, 5) is 15.4. The van der Waals surface area contributed by atoms with Gasteiger partial charge in [0.1, 0.15) is 0 Å². The monoisotopic (exact) mass is 232 g/mol. The molecule has 4 nitrogen and oxygen atoms in total. The number of hydrogen-bond acceptors (Lipinski definition) is 3. The first-order valence-electron chi connectivity index (χ1n) is 5.61. The molecular formula is C13H16N2O2. The summed E-state index contributed by atoms with van der Waals surface area (Å²) < 4.78 is 0. The molecule has 4 heteroatoms. The second-order valence-electron chi connectivity index (χ2n) is 5.18. The SMILES string of the molecule is Cc1c(C)c2c(c([N+](=O)[O-])c1C)C(C)(C)C=N2. The van der Waals surface area contributed by atoms with Gasteiger partial charge < -0.3 is 0 Å². The lowest BCUT2D eigenvalue weighted by Gasteiger charge is -2.19. The van der Waals surface area contributed by atoms with Gasteiger partial charge in [-0.15, -0.1) is 0 Å². The minimum atomic E-state index is -0.360. The van der Waals surface area contributed by atoms with Crippen molar-refractivity contribution in [2.45, 2.75) is 40.0 Å². The first-order chi connectivity index (χ1) is 7.77. The van der Waals surface area contributed by atoms with E-state index in [1.165, 1.54) is 0 Å². The number of hydrogen-bond donors (Lipinski definition) is 0. The normalized spacial score (nSPS) is 16.1. The molecule has 0 amide bonds. The Morgan fingerprint density at radius 1 is 1.18 bits per heavy atom. The van der Waals surface area contributed by atoms with E-state index >= 15 is 0 Å². The van der Waals surface area contributed by atoms with Crippen LogP contribution in [-0.4, -0.2) is 11.1 Å². The summed E-state index contributed by atoms with van der Waals surface area (Å²) in [6.07, 6.45) is 1.80. The van der Waals surface area contributed by atoms with Gasteiger partial charge in [0.25, 0.3) is 5.69 Å². The van der Waals surface area contributed by atoms with Crippen molar-refractivity contribution in [1.29, 1.82) is 0 Å². The standard InChI is InChI=1S/C13H16N2O2/c1-7-8(2)11-10(13(4,5)6-14-11)12(9(7)3)15(16)17/h6H,1-5H3. The van der Waals surface area contributed by atoms with Gasteiger partial charge in [-0.3, -0.25) is 15.1 Å². The molecule has 0 saturated carbocycles. The third-order valence-corrected chi connectivity index (χ3v) is 3.65. The molecule has 1 aromatic rings. The molecule has 0 spiro atoms. The summed E-state index contributed by atoms with van der Waals surface area (Å²) >= 11 is 0. The lowest BCUT2D eigenvalue weighted by atomic mass is 9.82. The van der Waals surface area contributed by atoms with E-state index in [9.17, 15) is 10.1 Å². The van der Waals surface area contributed by atoms with E-state index in [-0.39, 0.29) is 16.0 Å². The van der Waals surface area contributed by atoms with Crippen LogP contribution >= 0.6 is 0 Å². The molecule has 2 rings (SSSR count). The second kappa shape index (κ2) is 3.39. The molecule has 0 bridgehead atoms. The average molecular weight is 232 g/mol. The maximum atomic E-state index is 11.3. The van der Waals surface area contributed by atoms with Gasteiger partial charge in [0.05, 0.1) is 16.2 Å². The first kappa shape index (κ1) is 11.8. The lowest BCUT2D eigenvalue weighted by molar-refractivity contribution is -0.386. The lowest BCUT2D eigenvalue weighted by Crippen LogP contribution is -2.18. The van der Waals surface area contributed by atoms with Crippen molar-refractivity contribution >= 4 is 17.6 Å². The van der Waals surface area contributed by atoms with Gasteiger partial charge in [0.15, 0.2) is 0 Å². The Morgan fingerprint density at radius 2 is 1.76 bits per heavy atom. The van der Waals surface area contributed by atoms with Gasteiger partial charge in [0.2, 0.25) is 0 Å². The van der Waals surface area contributed by atoms with Gasteiger partial charge >= 0.3 is 0 Å². The number of nitro benzene ring substituents is 1. The summed E-state index contributed by atoms with van der Waals surface area (Å²) in [5.74, 6) is 0. The Hall–Kier alpha value is -1.71. The van der Waals surface area contributed by atoms with Crippen LogP contribution in [0.2, 0.25) is 0 Å². The van der Waals surface area contributed by atoms with Crippen LogP contribution in [0.15, 0.2) is 4.99 Å².